The molecule has 0 saturated heterocycles. The van der Waals surface area contributed by atoms with E-state index < -0.39 is 21.8 Å². The first-order valence-electron chi connectivity index (χ1n) is 6.35. The number of carbonyl (C=O) groups is 2. The molecule has 116 valence electrons. The molecule has 0 fully saturated rings. The maximum absolute atomic E-state index is 11.7. The van der Waals surface area contributed by atoms with E-state index in [4.69, 9.17) is 5.11 Å². The third-order valence-electron chi connectivity index (χ3n) is 2.95. The third-order valence-corrected chi connectivity index (χ3v) is 4.66. The molecular weight excluding hydrogens is 296 g/mol. The predicted octanol–water partition coefficient (Wildman–Crippen LogP) is 1.25. The van der Waals surface area contributed by atoms with Gasteiger partial charge in [-0.25, -0.2) is 18.0 Å². The molecule has 0 bridgehead atoms. The molecule has 21 heavy (non-hydrogen) atoms. The van der Waals surface area contributed by atoms with Crippen molar-refractivity contribution in [2.45, 2.75) is 13.8 Å². The molecule has 8 heteroatoms. The van der Waals surface area contributed by atoms with Crippen molar-refractivity contribution in [3.63, 3.8) is 0 Å². The van der Waals surface area contributed by atoms with Crippen molar-refractivity contribution in [2.24, 2.45) is 0 Å². The molecule has 0 heterocycles. The van der Waals surface area contributed by atoms with Crippen molar-refractivity contribution < 1.29 is 23.1 Å². The Balaban J connectivity index is 2.64. The Morgan fingerprint density at radius 3 is 2.52 bits per heavy atom. The number of amides is 2. The Bertz CT molecular complexity index is 640. The van der Waals surface area contributed by atoms with Crippen molar-refractivity contribution in [3.8, 4) is 0 Å². The summed E-state index contributed by atoms with van der Waals surface area (Å²) in [7, 11) is -3.13. The summed E-state index contributed by atoms with van der Waals surface area (Å²) >= 11 is 0. The Kier molecular flexibility index (Phi) is 5.71. The van der Waals surface area contributed by atoms with Gasteiger partial charge in [-0.05, 0) is 24.6 Å². The van der Waals surface area contributed by atoms with Gasteiger partial charge in [0.1, 0.15) is 0 Å². The van der Waals surface area contributed by atoms with Crippen LogP contribution in [0.5, 0.6) is 0 Å². The Hall–Kier alpha value is -2.09. The van der Waals surface area contributed by atoms with E-state index >= 15 is 0 Å². The van der Waals surface area contributed by atoms with Crippen LogP contribution in [0.25, 0.3) is 0 Å². The second-order valence-electron chi connectivity index (χ2n) is 4.40. The van der Waals surface area contributed by atoms with Gasteiger partial charge >= 0.3 is 12.0 Å². The van der Waals surface area contributed by atoms with E-state index in [1.807, 2.05) is 0 Å². The maximum Gasteiger partial charge on any atom is 0.336 e. The molecule has 1 aromatic rings. The Labute approximate surface area is 123 Å². The van der Waals surface area contributed by atoms with Crippen LogP contribution >= 0.6 is 0 Å². The molecule has 2 amide bonds. The van der Waals surface area contributed by atoms with Gasteiger partial charge in [0.05, 0.1) is 11.3 Å². The van der Waals surface area contributed by atoms with Crippen molar-refractivity contribution in [2.75, 3.05) is 23.4 Å². The second-order valence-corrected chi connectivity index (χ2v) is 6.87. The minimum absolute atomic E-state index is 0.000322. The molecule has 7 nitrogen and oxygen atoms in total. The topological polar surface area (TPSA) is 113 Å². The van der Waals surface area contributed by atoms with Gasteiger partial charge in [-0.1, -0.05) is 13.0 Å². The lowest BCUT2D eigenvalue weighted by Crippen LogP contribution is -2.33. The first-order chi connectivity index (χ1) is 9.76. The molecule has 1 aromatic carbocycles. The molecule has 0 atom stereocenters. The Morgan fingerprint density at radius 1 is 1.29 bits per heavy atom. The van der Waals surface area contributed by atoms with E-state index in [1.54, 1.807) is 13.0 Å². The number of nitrogens with one attached hydrogen (secondary N) is 2. The number of hydrogen-bond donors (Lipinski definition) is 3. The fourth-order valence-electron chi connectivity index (χ4n) is 1.63. The van der Waals surface area contributed by atoms with Gasteiger partial charge in [0, 0.05) is 18.0 Å². The summed E-state index contributed by atoms with van der Waals surface area (Å²) in [5.41, 5.74) is 0.897. The molecular formula is C13H18N2O5S. The molecule has 0 radical (unpaired) electrons. The highest BCUT2D eigenvalue weighted by Crippen LogP contribution is 2.18. The van der Waals surface area contributed by atoms with Gasteiger partial charge < -0.3 is 15.7 Å². The number of carbonyl (C=O) groups excluding carboxylic acids is 1. The van der Waals surface area contributed by atoms with Gasteiger partial charge in [0.15, 0.2) is 9.84 Å². The highest BCUT2D eigenvalue weighted by Gasteiger charge is 2.12. The SMILES string of the molecule is CCS(=O)(=O)CCNC(=O)Nc1cccc(C(=O)O)c1C. The molecule has 0 saturated carbocycles. The van der Waals surface area contributed by atoms with E-state index in [9.17, 15) is 18.0 Å². The lowest BCUT2D eigenvalue weighted by Gasteiger charge is -2.11. The van der Waals surface area contributed by atoms with Crippen LogP contribution < -0.4 is 10.6 Å². The van der Waals surface area contributed by atoms with Crippen molar-refractivity contribution >= 4 is 27.5 Å². The van der Waals surface area contributed by atoms with Crippen LogP contribution in [-0.2, 0) is 9.84 Å². The number of urea groups is 1. The summed E-state index contributed by atoms with van der Waals surface area (Å²) in [6.07, 6.45) is 0. The van der Waals surface area contributed by atoms with E-state index in [-0.39, 0.29) is 23.6 Å². The fourth-order valence-corrected chi connectivity index (χ4v) is 2.34. The van der Waals surface area contributed by atoms with Gasteiger partial charge in [-0.15, -0.1) is 0 Å². The molecule has 0 spiro atoms. The third kappa shape index (κ3) is 5.07. The molecule has 0 aliphatic carbocycles. The first kappa shape index (κ1) is 17.0. The number of anilines is 1. The number of hydrogen-bond acceptors (Lipinski definition) is 4. The smallest absolute Gasteiger partial charge is 0.336 e. The molecule has 0 unspecified atom stereocenters. The fraction of sp³-hybridized carbons (Fsp3) is 0.385. The normalized spacial score (nSPS) is 11.0. The van der Waals surface area contributed by atoms with Crippen LogP contribution in [0.3, 0.4) is 0 Å². The van der Waals surface area contributed by atoms with Gasteiger partial charge in [-0.3, -0.25) is 0 Å². The van der Waals surface area contributed by atoms with Crippen LogP contribution in [0.2, 0.25) is 0 Å². The number of aromatic carboxylic acids is 1. The summed E-state index contributed by atoms with van der Waals surface area (Å²) in [5, 5.41) is 13.9. The van der Waals surface area contributed by atoms with Crippen molar-refractivity contribution in [1.29, 1.82) is 0 Å². The summed E-state index contributed by atoms with van der Waals surface area (Å²) in [6.45, 7) is 3.12. The average molecular weight is 314 g/mol. The summed E-state index contributed by atoms with van der Waals surface area (Å²) in [4.78, 5) is 22.6. The van der Waals surface area contributed by atoms with Crippen molar-refractivity contribution in [1.82, 2.24) is 5.32 Å². The number of rotatable bonds is 6. The molecule has 0 aromatic heterocycles. The van der Waals surface area contributed by atoms with Gasteiger partial charge in [0.25, 0.3) is 0 Å². The van der Waals surface area contributed by atoms with Gasteiger partial charge in [-0.2, -0.15) is 0 Å². The monoisotopic (exact) mass is 314 g/mol. The second kappa shape index (κ2) is 7.07. The van der Waals surface area contributed by atoms with E-state index in [0.717, 1.165) is 0 Å². The lowest BCUT2D eigenvalue weighted by molar-refractivity contribution is 0.0696. The summed E-state index contributed by atoms with van der Waals surface area (Å²) < 4.78 is 22.6. The lowest BCUT2D eigenvalue weighted by atomic mass is 10.1. The highest BCUT2D eigenvalue weighted by molar-refractivity contribution is 7.91. The maximum atomic E-state index is 11.7. The number of carboxylic acid groups (broad SMARTS) is 1. The van der Waals surface area contributed by atoms with Crippen LogP contribution in [0.4, 0.5) is 10.5 Å². The predicted molar refractivity (Wildman–Crippen MR) is 79.5 cm³/mol. The standard InChI is InChI=1S/C13H18N2O5S/c1-3-21(19,20)8-7-14-13(18)15-11-6-4-5-10(9(11)2)12(16)17/h4-6H,3,7-8H2,1-2H3,(H,16,17)(H2,14,15,18). The molecule has 1 rings (SSSR count). The van der Waals surface area contributed by atoms with E-state index in [0.29, 0.717) is 11.3 Å². The van der Waals surface area contributed by atoms with Crippen LogP contribution in [0, 0.1) is 6.92 Å². The quantitative estimate of drug-likeness (QED) is 0.731. The molecule has 0 aliphatic rings. The van der Waals surface area contributed by atoms with E-state index in [2.05, 4.69) is 10.6 Å². The molecule has 0 aliphatic heterocycles. The molecule has 3 N–H and O–H groups in total. The van der Waals surface area contributed by atoms with Crippen LogP contribution in [0.1, 0.15) is 22.8 Å². The largest absolute Gasteiger partial charge is 0.478 e. The van der Waals surface area contributed by atoms with Gasteiger partial charge in [0.2, 0.25) is 0 Å². The number of carboxylic acids is 1. The first-order valence-corrected chi connectivity index (χ1v) is 8.17. The van der Waals surface area contributed by atoms with Crippen molar-refractivity contribution in [3.05, 3.63) is 29.3 Å². The summed E-state index contributed by atoms with van der Waals surface area (Å²) in [5.74, 6) is -1.19. The zero-order chi connectivity index (χ0) is 16.0. The zero-order valence-corrected chi connectivity index (χ0v) is 12.7. The van der Waals surface area contributed by atoms with E-state index in [1.165, 1.54) is 19.1 Å². The van der Waals surface area contributed by atoms with Crippen LogP contribution in [0.15, 0.2) is 18.2 Å². The zero-order valence-electron chi connectivity index (χ0n) is 11.8. The average Bonchev–Trinajstić information content (AvgIpc) is 2.40. The number of benzene rings is 1. The Morgan fingerprint density at radius 2 is 1.95 bits per heavy atom. The number of sulfone groups is 1. The summed E-state index contributed by atoms with van der Waals surface area (Å²) in [6, 6.07) is 3.96. The minimum atomic E-state index is -3.13. The minimum Gasteiger partial charge on any atom is -0.478 e. The van der Waals surface area contributed by atoms with Crippen LogP contribution in [-0.4, -0.2) is 43.6 Å². The highest BCUT2D eigenvalue weighted by atomic mass is 32.2.